The summed E-state index contributed by atoms with van der Waals surface area (Å²) in [6, 6.07) is 0. The van der Waals surface area contributed by atoms with Crippen LogP contribution in [0.2, 0.25) is 0 Å². The van der Waals surface area contributed by atoms with Crippen molar-refractivity contribution in [3.63, 3.8) is 0 Å². The first-order valence-corrected chi connectivity index (χ1v) is 9.88. The summed E-state index contributed by atoms with van der Waals surface area (Å²) in [5, 5.41) is 0. The summed E-state index contributed by atoms with van der Waals surface area (Å²) >= 11 is 0. The smallest absolute Gasteiger partial charge is 0.299 e. The zero-order valence-corrected chi connectivity index (χ0v) is 21.6. The Balaban J connectivity index is -0.000000648. The van der Waals surface area contributed by atoms with Crippen molar-refractivity contribution >= 4 is 23.1 Å². The Hall–Kier alpha value is -1.81. The zero-order valence-electron chi connectivity index (χ0n) is 20.7. The van der Waals surface area contributed by atoms with E-state index in [1.807, 2.05) is 0 Å². The molecule has 0 aliphatic heterocycles. The van der Waals surface area contributed by atoms with Gasteiger partial charge in [-0.3, -0.25) is 19.2 Å². The summed E-state index contributed by atoms with van der Waals surface area (Å²) in [6.45, 7) is 7.27. The molecule has 0 spiro atoms. The summed E-state index contributed by atoms with van der Waals surface area (Å²) in [5.41, 5.74) is -2.61. The molecule has 0 radical (unpaired) electrons. The van der Waals surface area contributed by atoms with E-state index < -0.39 is 82.8 Å². The quantitative estimate of drug-likeness (QED) is 0.165. The van der Waals surface area contributed by atoms with E-state index in [1.165, 1.54) is 41.5 Å². The van der Waals surface area contributed by atoms with E-state index in [4.69, 9.17) is 0 Å². The molecule has 0 bridgehead atoms. The van der Waals surface area contributed by atoms with Crippen molar-refractivity contribution in [2.75, 3.05) is 0 Å². The number of carbonyl (C=O) groups is 4. The molecule has 0 atom stereocenters. The van der Waals surface area contributed by atoms with Crippen LogP contribution in [0.25, 0.3) is 0 Å². The van der Waals surface area contributed by atoms with Gasteiger partial charge in [-0.05, 0) is 0 Å². The fourth-order valence-electron chi connectivity index (χ4n) is 1.75. The number of hydrogen-bond acceptors (Lipinski definition) is 4. The first kappa shape index (κ1) is 41.7. The second kappa shape index (κ2) is 12.4. The van der Waals surface area contributed by atoms with E-state index in [1.54, 1.807) is 0 Å². The summed E-state index contributed by atoms with van der Waals surface area (Å²) in [7, 11) is 0. The molecule has 234 valence electrons. The molecule has 0 saturated heterocycles. The first-order valence-electron chi connectivity index (χ1n) is 9.88. The first-order chi connectivity index (χ1) is 16.1. The van der Waals surface area contributed by atoms with Crippen molar-refractivity contribution < 1.29 is 97.1 Å². The van der Waals surface area contributed by atoms with Gasteiger partial charge in [0, 0.05) is 27.3 Å². The Bertz CT molecular complexity index is 833. The second-order valence-electron chi connectivity index (χ2n) is 9.84. The van der Waals surface area contributed by atoms with Crippen LogP contribution in [0.5, 0.6) is 0 Å². The van der Waals surface area contributed by atoms with Crippen LogP contribution >= 0.6 is 0 Å². The van der Waals surface area contributed by atoms with Gasteiger partial charge in [0.05, 0.1) is 12.8 Å². The Morgan fingerprint density at radius 2 is 0.590 bits per heavy atom. The van der Waals surface area contributed by atoms with Gasteiger partial charge in [0.25, 0.3) is 0 Å². The molecule has 0 aromatic heterocycles. The van der Waals surface area contributed by atoms with Crippen molar-refractivity contribution in [2.45, 2.75) is 90.4 Å². The van der Waals surface area contributed by atoms with Crippen LogP contribution in [0.3, 0.4) is 0 Å². The van der Waals surface area contributed by atoms with Crippen molar-refractivity contribution in [3.05, 3.63) is 0 Å². The van der Waals surface area contributed by atoms with Crippen molar-refractivity contribution in [1.82, 2.24) is 0 Å². The fourth-order valence-corrected chi connectivity index (χ4v) is 1.75. The Labute approximate surface area is 222 Å². The van der Waals surface area contributed by atoms with E-state index in [0.717, 1.165) is 0 Å². The Kier molecular flexibility index (Phi) is 13.2. The van der Waals surface area contributed by atoms with Gasteiger partial charge in [0.15, 0.2) is 0 Å². The molecule has 0 aromatic rings. The van der Waals surface area contributed by atoms with Gasteiger partial charge < -0.3 is 0 Å². The van der Waals surface area contributed by atoms with Crippen molar-refractivity contribution in [1.29, 1.82) is 0 Å². The number of carbonyl (C=O) groups excluding carboxylic acids is 4. The monoisotopic (exact) mass is 650 g/mol. The predicted molar refractivity (Wildman–Crippen MR) is 100 cm³/mol. The third kappa shape index (κ3) is 9.66. The SMILES string of the molecule is CC(C)(C)C(=O)CC(=O)C(F)(F)C(F)(F)C(F)(F)F.CC(C)(C)C(=O)CC(=O)C(F)(F)C(F)(F)C(F)(F)F.[Ni]. The predicted octanol–water partition coefficient (Wildman–Crippen LogP) is 6.78. The number of hydrogen-bond donors (Lipinski definition) is 0. The number of Topliss-reactive ketones (excluding diaryl/α,β-unsaturated/α-hetero) is 4. The van der Waals surface area contributed by atoms with Gasteiger partial charge in [-0.2, -0.15) is 61.5 Å². The molecule has 0 aliphatic carbocycles. The molecule has 0 amide bonds. The molecule has 19 heteroatoms. The van der Waals surface area contributed by atoms with E-state index in [9.17, 15) is 80.6 Å². The number of rotatable bonds is 8. The average Bonchev–Trinajstić information content (AvgIpc) is 2.64. The molecule has 0 heterocycles. The molecule has 0 N–H and O–H groups in total. The van der Waals surface area contributed by atoms with E-state index in [2.05, 4.69) is 0 Å². The second-order valence-corrected chi connectivity index (χ2v) is 9.84. The topological polar surface area (TPSA) is 68.3 Å². The van der Waals surface area contributed by atoms with Crippen LogP contribution in [-0.2, 0) is 35.7 Å². The molecule has 0 aromatic carbocycles. The largest absolute Gasteiger partial charge is 0.460 e. The number of halogens is 14. The van der Waals surface area contributed by atoms with E-state index >= 15 is 0 Å². The summed E-state index contributed by atoms with van der Waals surface area (Å²) in [6.07, 6.45) is -16.6. The molecule has 0 unspecified atom stereocenters. The molecule has 0 fully saturated rings. The van der Waals surface area contributed by atoms with E-state index in [-0.39, 0.29) is 16.5 Å². The van der Waals surface area contributed by atoms with Crippen molar-refractivity contribution in [3.8, 4) is 0 Å². The maximum absolute atomic E-state index is 12.9. The summed E-state index contributed by atoms with van der Waals surface area (Å²) in [5.74, 6) is -32.8. The third-order valence-corrected chi connectivity index (χ3v) is 4.52. The number of alkyl halides is 14. The van der Waals surface area contributed by atoms with Gasteiger partial charge in [0.1, 0.15) is 11.6 Å². The maximum Gasteiger partial charge on any atom is 0.460 e. The van der Waals surface area contributed by atoms with Crippen LogP contribution < -0.4 is 0 Å². The molecule has 0 rings (SSSR count). The number of ketones is 4. The minimum absolute atomic E-state index is 0. The Morgan fingerprint density at radius 1 is 0.410 bits per heavy atom. The standard InChI is InChI=1S/2C10H11F7O2.Ni/c2*1-7(2,3)5(18)4-6(19)8(11,12)9(13,14)10(15,16)17;/h2*4H2,1-3H3;. The fraction of sp³-hybridized carbons (Fsp3) is 0.800. The van der Waals surface area contributed by atoms with Gasteiger partial charge >= 0.3 is 36.0 Å². The molecular weight excluding hydrogens is 629 g/mol. The minimum Gasteiger partial charge on any atom is -0.299 e. The third-order valence-electron chi connectivity index (χ3n) is 4.52. The Morgan fingerprint density at radius 3 is 0.718 bits per heavy atom. The molecule has 39 heavy (non-hydrogen) atoms. The summed E-state index contributed by atoms with van der Waals surface area (Å²) in [4.78, 5) is 44.2. The molecular formula is C20H22F14NiO4. The van der Waals surface area contributed by atoms with Crippen LogP contribution in [0.1, 0.15) is 54.4 Å². The van der Waals surface area contributed by atoms with Gasteiger partial charge in [-0.1, -0.05) is 41.5 Å². The maximum atomic E-state index is 12.9. The van der Waals surface area contributed by atoms with E-state index in [0.29, 0.717) is 0 Å². The van der Waals surface area contributed by atoms with Gasteiger partial charge in [0.2, 0.25) is 11.6 Å². The minimum atomic E-state index is -6.59. The van der Waals surface area contributed by atoms with Crippen LogP contribution in [-0.4, -0.2) is 59.2 Å². The molecule has 0 saturated carbocycles. The summed E-state index contributed by atoms with van der Waals surface area (Å²) < 4.78 is 172. The van der Waals surface area contributed by atoms with Gasteiger partial charge in [-0.25, -0.2) is 0 Å². The molecule has 4 nitrogen and oxygen atoms in total. The van der Waals surface area contributed by atoms with Crippen LogP contribution in [0.4, 0.5) is 61.5 Å². The normalized spacial score (nSPS) is 14.1. The average molecular weight is 651 g/mol. The zero-order chi connectivity index (χ0) is 31.7. The van der Waals surface area contributed by atoms with Crippen molar-refractivity contribution in [2.24, 2.45) is 10.8 Å². The van der Waals surface area contributed by atoms with Crippen LogP contribution in [0, 0.1) is 10.8 Å². The van der Waals surface area contributed by atoms with Crippen LogP contribution in [0.15, 0.2) is 0 Å². The van der Waals surface area contributed by atoms with Gasteiger partial charge in [-0.15, -0.1) is 0 Å². The molecule has 0 aliphatic rings.